The number of benzene rings is 1. The van der Waals surface area contributed by atoms with Crippen LogP contribution in [0.4, 0.5) is 23.5 Å². The van der Waals surface area contributed by atoms with Gasteiger partial charge in [-0.15, -0.1) is 0 Å². The van der Waals surface area contributed by atoms with E-state index in [0.717, 1.165) is 17.7 Å². The van der Waals surface area contributed by atoms with Crippen LogP contribution < -0.4 is 10.5 Å². The van der Waals surface area contributed by atoms with Crippen LogP contribution in [-0.4, -0.2) is 67.8 Å². The Morgan fingerprint density at radius 3 is 2.41 bits per heavy atom. The van der Waals surface area contributed by atoms with Crippen molar-refractivity contribution in [2.75, 3.05) is 38.5 Å². The van der Waals surface area contributed by atoms with Gasteiger partial charge in [0, 0.05) is 62.4 Å². The molecular formula is C27H33F4N7O. The molecule has 2 aliphatic rings. The van der Waals surface area contributed by atoms with Gasteiger partial charge >= 0.3 is 6.18 Å². The first-order chi connectivity index (χ1) is 18.6. The molecule has 1 aromatic carbocycles. The topological polar surface area (TPSA) is 85.3 Å². The van der Waals surface area contributed by atoms with Crippen LogP contribution in [0, 0.1) is 0 Å². The molecule has 0 atom stereocenters. The molecular weight excluding hydrogens is 514 g/mol. The van der Waals surface area contributed by atoms with E-state index >= 15 is 4.39 Å². The number of hydrogen-bond acceptors (Lipinski definition) is 7. The summed E-state index contributed by atoms with van der Waals surface area (Å²) in [6.07, 6.45) is 0.985. The molecule has 8 nitrogen and oxygen atoms in total. The molecule has 2 N–H and O–H groups in total. The molecule has 0 aliphatic carbocycles. The van der Waals surface area contributed by atoms with E-state index in [-0.39, 0.29) is 17.5 Å². The van der Waals surface area contributed by atoms with Crippen LogP contribution in [0.25, 0.3) is 11.0 Å². The van der Waals surface area contributed by atoms with Gasteiger partial charge in [0.15, 0.2) is 5.67 Å². The number of alkyl halides is 4. The molecule has 2 saturated heterocycles. The average molecular weight is 548 g/mol. The van der Waals surface area contributed by atoms with Gasteiger partial charge in [0.1, 0.15) is 0 Å². The number of piperidine rings is 2. The fourth-order valence-corrected chi connectivity index (χ4v) is 5.57. The van der Waals surface area contributed by atoms with Gasteiger partial charge in [-0.2, -0.15) is 18.2 Å². The van der Waals surface area contributed by atoms with E-state index in [1.54, 1.807) is 12.4 Å². The molecule has 39 heavy (non-hydrogen) atoms. The number of allylic oxidation sites excluding steroid dienone is 1. The molecule has 4 heterocycles. The monoisotopic (exact) mass is 547 g/mol. The lowest BCUT2D eigenvalue weighted by atomic mass is 9.88. The molecule has 5 rings (SSSR count). The summed E-state index contributed by atoms with van der Waals surface area (Å²) in [5.74, 6) is 0.228. The minimum absolute atomic E-state index is 0.0307. The van der Waals surface area contributed by atoms with Gasteiger partial charge in [0.05, 0.1) is 23.2 Å². The summed E-state index contributed by atoms with van der Waals surface area (Å²) in [7, 11) is 0. The summed E-state index contributed by atoms with van der Waals surface area (Å²) >= 11 is 0. The zero-order valence-corrected chi connectivity index (χ0v) is 21.9. The summed E-state index contributed by atoms with van der Waals surface area (Å²) in [4.78, 5) is 16.6. The number of anilines is 1. The summed E-state index contributed by atoms with van der Waals surface area (Å²) in [6.45, 7) is 9.32. The molecule has 0 radical (unpaired) electrons. The molecule has 2 fully saturated rings. The van der Waals surface area contributed by atoms with E-state index in [1.165, 1.54) is 6.07 Å². The maximum absolute atomic E-state index is 16.1. The van der Waals surface area contributed by atoms with Crippen LogP contribution in [0.5, 0.6) is 6.01 Å². The van der Waals surface area contributed by atoms with Gasteiger partial charge in [0.25, 0.3) is 6.01 Å². The predicted octanol–water partition coefficient (Wildman–Crippen LogP) is 4.98. The largest absolute Gasteiger partial charge is 0.465 e. The highest BCUT2D eigenvalue weighted by Crippen LogP contribution is 2.40. The van der Waals surface area contributed by atoms with Crippen molar-refractivity contribution in [3.63, 3.8) is 0 Å². The SMILES string of the molecule is C=C(N1CCC(n2c(OCC)nc3cc(C(F)(F)F)ccc32)CC1)C1(F)CCN(Cc2cnc(N)nc2)CC1. The Labute approximate surface area is 224 Å². The molecule has 2 aromatic heterocycles. The molecule has 0 amide bonds. The lowest BCUT2D eigenvalue weighted by Gasteiger charge is -2.43. The highest BCUT2D eigenvalue weighted by atomic mass is 19.4. The number of likely N-dealkylation sites (tertiary alicyclic amines) is 2. The zero-order chi connectivity index (χ0) is 27.8. The van der Waals surface area contributed by atoms with Crippen LogP contribution in [0.15, 0.2) is 42.9 Å². The number of nitrogens with two attached hydrogens (primary N) is 1. The summed E-state index contributed by atoms with van der Waals surface area (Å²) in [5.41, 5.74) is 5.63. The van der Waals surface area contributed by atoms with E-state index in [0.29, 0.717) is 82.2 Å². The summed E-state index contributed by atoms with van der Waals surface area (Å²) < 4.78 is 63.4. The average Bonchev–Trinajstić information content (AvgIpc) is 3.28. The highest BCUT2D eigenvalue weighted by Gasteiger charge is 2.41. The van der Waals surface area contributed by atoms with Gasteiger partial charge in [-0.05, 0) is 50.8 Å². The number of nitrogen functional groups attached to an aromatic ring is 1. The Morgan fingerprint density at radius 2 is 1.79 bits per heavy atom. The van der Waals surface area contributed by atoms with Crippen LogP contribution in [-0.2, 0) is 12.7 Å². The van der Waals surface area contributed by atoms with E-state index in [9.17, 15) is 13.2 Å². The molecule has 0 unspecified atom stereocenters. The van der Waals surface area contributed by atoms with Crippen molar-refractivity contribution in [2.24, 2.45) is 0 Å². The first-order valence-electron chi connectivity index (χ1n) is 13.2. The third kappa shape index (κ3) is 5.66. The summed E-state index contributed by atoms with van der Waals surface area (Å²) in [6, 6.07) is 3.87. The van der Waals surface area contributed by atoms with Crippen molar-refractivity contribution < 1.29 is 22.3 Å². The summed E-state index contributed by atoms with van der Waals surface area (Å²) in [5, 5.41) is 0. The van der Waals surface area contributed by atoms with Crippen LogP contribution in [0.3, 0.4) is 0 Å². The van der Waals surface area contributed by atoms with Gasteiger partial charge in [0.2, 0.25) is 5.95 Å². The number of imidazole rings is 1. The second-order valence-corrected chi connectivity index (χ2v) is 10.3. The molecule has 12 heteroatoms. The van der Waals surface area contributed by atoms with Crippen molar-refractivity contribution >= 4 is 17.0 Å². The maximum atomic E-state index is 16.1. The van der Waals surface area contributed by atoms with Crippen molar-refractivity contribution in [3.8, 4) is 6.01 Å². The Hall–Kier alpha value is -3.41. The first-order valence-corrected chi connectivity index (χ1v) is 13.2. The number of aromatic nitrogens is 4. The van der Waals surface area contributed by atoms with E-state index < -0.39 is 17.4 Å². The number of ether oxygens (including phenoxy) is 1. The van der Waals surface area contributed by atoms with Gasteiger partial charge in [-0.3, -0.25) is 9.47 Å². The number of rotatable bonds is 7. The predicted molar refractivity (Wildman–Crippen MR) is 140 cm³/mol. The number of hydrogen-bond donors (Lipinski definition) is 1. The first kappa shape index (κ1) is 27.2. The Balaban J connectivity index is 1.23. The minimum Gasteiger partial charge on any atom is -0.465 e. The van der Waals surface area contributed by atoms with Crippen molar-refractivity contribution in [1.29, 1.82) is 0 Å². The van der Waals surface area contributed by atoms with Crippen molar-refractivity contribution in [2.45, 2.75) is 57.0 Å². The lowest BCUT2D eigenvalue weighted by molar-refractivity contribution is -0.137. The number of halogens is 4. The number of fused-ring (bicyclic) bond motifs is 1. The molecule has 0 bridgehead atoms. The van der Waals surface area contributed by atoms with Gasteiger partial charge in [-0.1, -0.05) is 6.58 Å². The third-order valence-electron chi connectivity index (χ3n) is 7.77. The fourth-order valence-electron chi connectivity index (χ4n) is 5.57. The molecule has 2 aliphatic heterocycles. The highest BCUT2D eigenvalue weighted by molar-refractivity contribution is 5.78. The van der Waals surface area contributed by atoms with Crippen LogP contribution >= 0.6 is 0 Å². The van der Waals surface area contributed by atoms with E-state index in [2.05, 4.69) is 26.4 Å². The lowest BCUT2D eigenvalue weighted by Crippen LogP contribution is -2.47. The fraction of sp³-hybridized carbons (Fsp3) is 0.519. The zero-order valence-electron chi connectivity index (χ0n) is 21.9. The van der Waals surface area contributed by atoms with Gasteiger partial charge in [-0.25, -0.2) is 14.4 Å². The van der Waals surface area contributed by atoms with Crippen molar-refractivity contribution in [3.05, 3.63) is 54.0 Å². The third-order valence-corrected chi connectivity index (χ3v) is 7.77. The molecule has 0 spiro atoms. The molecule has 210 valence electrons. The Morgan fingerprint density at radius 1 is 1.13 bits per heavy atom. The Kier molecular flexibility index (Phi) is 7.41. The standard InChI is InChI=1S/C27H33F4N7O/c1-3-39-25-35-22-14-20(27(29,30)31)4-5-23(22)38(25)21-6-10-37(11-7-21)18(2)26(28)8-12-36(13-9-26)17-19-15-33-24(32)34-16-19/h4-5,14-16,21H,2-3,6-13,17H2,1H3,(H2,32,33,34). The minimum atomic E-state index is -4.45. The number of nitrogens with zero attached hydrogens (tertiary/aromatic N) is 6. The molecule has 3 aromatic rings. The second-order valence-electron chi connectivity index (χ2n) is 10.3. The van der Waals surface area contributed by atoms with Gasteiger partial charge < -0.3 is 15.4 Å². The quantitative estimate of drug-likeness (QED) is 0.418. The second kappa shape index (κ2) is 10.6. The maximum Gasteiger partial charge on any atom is 0.416 e. The van der Waals surface area contributed by atoms with Crippen LogP contribution in [0.1, 0.15) is 49.8 Å². The van der Waals surface area contributed by atoms with E-state index in [1.807, 2.05) is 16.4 Å². The Bertz CT molecular complexity index is 1310. The van der Waals surface area contributed by atoms with E-state index in [4.69, 9.17) is 10.5 Å². The van der Waals surface area contributed by atoms with Crippen molar-refractivity contribution in [1.82, 2.24) is 29.3 Å². The smallest absolute Gasteiger partial charge is 0.416 e. The normalized spacial score (nSPS) is 18.9. The van der Waals surface area contributed by atoms with Crippen LogP contribution in [0.2, 0.25) is 0 Å². The molecule has 0 saturated carbocycles.